The summed E-state index contributed by atoms with van der Waals surface area (Å²) in [7, 11) is 0. The Kier molecular flexibility index (Phi) is 7.65. The lowest BCUT2D eigenvalue weighted by molar-refractivity contribution is 0.155. The van der Waals surface area contributed by atoms with Gasteiger partial charge in [-0.15, -0.1) is 11.6 Å². The summed E-state index contributed by atoms with van der Waals surface area (Å²) in [6.07, 6.45) is 2.88. The molecule has 6 heteroatoms. The fourth-order valence-electron chi connectivity index (χ4n) is 5.39. The van der Waals surface area contributed by atoms with Crippen molar-refractivity contribution in [1.29, 1.82) is 0 Å². The zero-order chi connectivity index (χ0) is 25.9. The Labute approximate surface area is 222 Å². The first-order valence-electron chi connectivity index (χ1n) is 13.0. The Morgan fingerprint density at radius 3 is 2.32 bits per heavy atom. The molecule has 2 atom stereocenters. The number of nitrogens with one attached hydrogen (secondary N) is 2. The predicted molar refractivity (Wildman–Crippen MR) is 149 cm³/mol. The smallest absolute Gasteiger partial charge is 0.248 e. The van der Waals surface area contributed by atoms with Gasteiger partial charge in [0.05, 0.1) is 5.52 Å². The SMILES string of the molecule is CCc1cc2c(cc1CC)CC(NC(Cl)C(O)c1ccc(OCc3ccccc3)c3[nH]c(=O)ccc13)C2. The Hall–Kier alpha value is -3.12. The van der Waals surface area contributed by atoms with E-state index in [9.17, 15) is 9.90 Å². The highest BCUT2D eigenvalue weighted by Crippen LogP contribution is 2.33. The van der Waals surface area contributed by atoms with E-state index in [1.165, 1.54) is 28.3 Å². The standard InChI is InChI=1S/C31H33ClN2O3/c1-3-20-14-22-16-24(17-23(22)15-21(20)4-2)33-31(32)30(36)26-10-12-27(29-25(26)11-13-28(35)34-29)37-18-19-8-6-5-7-9-19/h5-15,24,30-31,33,36H,3-4,16-18H2,1-2H3,(H,34,35). The molecule has 0 radical (unpaired) electrons. The van der Waals surface area contributed by atoms with Gasteiger partial charge in [0, 0.05) is 17.5 Å². The second-order valence-corrected chi connectivity index (χ2v) is 10.2. The topological polar surface area (TPSA) is 74.3 Å². The highest BCUT2D eigenvalue weighted by Gasteiger charge is 2.28. The summed E-state index contributed by atoms with van der Waals surface area (Å²) in [6.45, 7) is 4.77. The molecule has 3 aromatic carbocycles. The van der Waals surface area contributed by atoms with Crippen LogP contribution in [-0.4, -0.2) is 21.6 Å². The summed E-state index contributed by atoms with van der Waals surface area (Å²) in [5.41, 5.74) is 6.86. The zero-order valence-corrected chi connectivity index (χ0v) is 22.0. The molecule has 0 saturated carbocycles. The molecule has 1 aromatic heterocycles. The number of aliphatic hydroxyl groups is 1. The number of aliphatic hydroxyl groups excluding tert-OH is 1. The lowest BCUT2D eigenvalue weighted by atomic mass is 9.97. The minimum atomic E-state index is -0.973. The van der Waals surface area contributed by atoms with Crippen molar-refractivity contribution in [2.45, 2.75) is 63.8 Å². The number of fused-ring (bicyclic) bond motifs is 2. The number of pyridine rings is 1. The Bertz CT molecular complexity index is 1420. The molecule has 5 nitrogen and oxygen atoms in total. The first-order chi connectivity index (χ1) is 18.0. The number of H-pyrrole nitrogens is 1. The van der Waals surface area contributed by atoms with E-state index in [1.54, 1.807) is 12.1 Å². The number of hydrogen-bond donors (Lipinski definition) is 3. The summed E-state index contributed by atoms with van der Waals surface area (Å²) >= 11 is 6.75. The molecule has 2 unspecified atom stereocenters. The van der Waals surface area contributed by atoms with Crippen LogP contribution < -0.4 is 15.6 Å². The van der Waals surface area contributed by atoms with Gasteiger partial charge in [-0.1, -0.05) is 62.4 Å². The van der Waals surface area contributed by atoms with Crippen LogP contribution in [0.5, 0.6) is 5.75 Å². The maximum absolute atomic E-state index is 12.1. The molecule has 0 aliphatic heterocycles. The molecule has 3 N–H and O–H groups in total. The van der Waals surface area contributed by atoms with Gasteiger partial charge in [0.25, 0.3) is 0 Å². The van der Waals surface area contributed by atoms with Crippen LogP contribution in [0.25, 0.3) is 10.9 Å². The van der Waals surface area contributed by atoms with E-state index in [1.807, 2.05) is 36.4 Å². The van der Waals surface area contributed by atoms with Crippen molar-refractivity contribution in [2.75, 3.05) is 0 Å². The minimum absolute atomic E-state index is 0.156. The van der Waals surface area contributed by atoms with Crippen molar-refractivity contribution < 1.29 is 9.84 Å². The van der Waals surface area contributed by atoms with E-state index >= 15 is 0 Å². The molecular formula is C31H33ClN2O3. The van der Waals surface area contributed by atoms with Crippen molar-refractivity contribution >= 4 is 22.5 Å². The molecule has 0 amide bonds. The van der Waals surface area contributed by atoms with Crippen molar-refractivity contribution in [1.82, 2.24) is 10.3 Å². The summed E-state index contributed by atoms with van der Waals surface area (Å²) < 4.78 is 6.04. The fourth-order valence-corrected chi connectivity index (χ4v) is 5.70. The van der Waals surface area contributed by atoms with E-state index in [4.69, 9.17) is 16.3 Å². The Balaban J connectivity index is 1.34. The first-order valence-corrected chi connectivity index (χ1v) is 13.4. The predicted octanol–water partition coefficient (Wildman–Crippen LogP) is 5.59. The quantitative estimate of drug-likeness (QED) is 0.200. The lowest BCUT2D eigenvalue weighted by Crippen LogP contribution is -2.39. The first kappa shape index (κ1) is 25.5. The molecule has 1 heterocycles. The van der Waals surface area contributed by atoms with Gasteiger partial charge >= 0.3 is 0 Å². The van der Waals surface area contributed by atoms with E-state index in [0.717, 1.165) is 31.2 Å². The number of aromatic nitrogens is 1. The van der Waals surface area contributed by atoms with Crippen molar-refractivity contribution in [3.63, 3.8) is 0 Å². The third-order valence-electron chi connectivity index (χ3n) is 7.33. The molecule has 0 saturated heterocycles. The van der Waals surface area contributed by atoms with Crippen LogP contribution in [0.2, 0.25) is 0 Å². The molecule has 37 heavy (non-hydrogen) atoms. The number of alkyl halides is 1. The van der Waals surface area contributed by atoms with Crippen LogP contribution in [0.15, 0.2) is 71.5 Å². The third-order valence-corrected chi connectivity index (χ3v) is 7.70. The van der Waals surface area contributed by atoms with E-state index in [2.05, 4.69) is 36.3 Å². The second kappa shape index (κ2) is 11.1. The normalized spacial score (nSPS) is 15.0. The van der Waals surface area contributed by atoms with Gasteiger partial charge in [-0.2, -0.15) is 0 Å². The molecule has 4 aromatic rings. The number of aryl methyl sites for hydroxylation is 2. The van der Waals surface area contributed by atoms with Crippen LogP contribution in [0, 0.1) is 0 Å². The number of aromatic amines is 1. The van der Waals surface area contributed by atoms with Crippen LogP contribution in [0.4, 0.5) is 0 Å². The fraction of sp³-hybridized carbons (Fsp3) is 0.323. The maximum atomic E-state index is 12.1. The van der Waals surface area contributed by atoms with Gasteiger partial charge < -0.3 is 14.8 Å². The van der Waals surface area contributed by atoms with Gasteiger partial charge in [-0.3, -0.25) is 10.1 Å². The third kappa shape index (κ3) is 5.45. The summed E-state index contributed by atoms with van der Waals surface area (Å²) in [4.78, 5) is 15.0. The van der Waals surface area contributed by atoms with Crippen LogP contribution >= 0.6 is 11.6 Å². The maximum Gasteiger partial charge on any atom is 0.248 e. The van der Waals surface area contributed by atoms with Gasteiger partial charge in [0.15, 0.2) is 0 Å². The van der Waals surface area contributed by atoms with Gasteiger partial charge in [0.2, 0.25) is 5.56 Å². The van der Waals surface area contributed by atoms with E-state index in [-0.39, 0.29) is 11.6 Å². The molecule has 0 bridgehead atoms. The van der Waals surface area contributed by atoms with E-state index < -0.39 is 11.6 Å². The average Bonchev–Trinajstić information content (AvgIpc) is 3.31. The second-order valence-electron chi connectivity index (χ2n) is 9.75. The number of hydrogen-bond acceptors (Lipinski definition) is 4. The van der Waals surface area contributed by atoms with Crippen LogP contribution in [-0.2, 0) is 32.3 Å². The molecule has 0 fully saturated rings. The Morgan fingerprint density at radius 1 is 1.00 bits per heavy atom. The van der Waals surface area contributed by atoms with Crippen molar-refractivity contribution in [2.24, 2.45) is 0 Å². The highest BCUT2D eigenvalue weighted by molar-refractivity contribution is 6.21. The number of rotatable bonds is 9. The Morgan fingerprint density at radius 2 is 1.68 bits per heavy atom. The summed E-state index contributed by atoms with van der Waals surface area (Å²) in [5, 5.41) is 15.4. The van der Waals surface area contributed by atoms with Crippen molar-refractivity contribution in [3.05, 3.63) is 110 Å². The summed E-state index contributed by atoms with van der Waals surface area (Å²) in [5.74, 6) is 0.552. The molecule has 1 aliphatic carbocycles. The number of ether oxygens (including phenoxy) is 1. The van der Waals surface area contributed by atoms with Crippen LogP contribution in [0.1, 0.15) is 53.3 Å². The average molecular weight is 517 g/mol. The number of benzene rings is 3. The van der Waals surface area contributed by atoms with Gasteiger partial charge in [-0.05, 0) is 71.2 Å². The molecule has 1 aliphatic rings. The van der Waals surface area contributed by atoms with Gasteiger partial charge in [-0.25, -0.2) is 0 Å². The zero-order valence-electron chi connectivity index (χ0n) is 21.3. The minimum Gasteiger partial charge on any atom is -0.487 e. The largest absolute Gasteiger partial charge is 0.487 e. The molecule has 0 spiro atoms. The molecular weight excluding hydrogens is 484 g/mol. The molecule has 5 rings (SSSR count). The summed E-state index contributed by atoms with van der Waals surface area (Å²) in [6, 6.07) is 21.5. The number of halogens is 1. The monoisotopic (exact) mass is 516 g/mol. The van der Waals surface area contributed by atoms with Crippen molar-refractivity contribution in [3.8, 4) is 5.75 Å². The van der Waals surface area contributed by atoms with Gasteiger partial charge in [0.1, 0.15) is 24.0 Å². The van der Waals surface area contributed by atoms with E-state index in [0.29, 0.717) is 28.8 Å². The lowest BCUT2D eigenvalue weighted by Gasteiger charge is -2.24. The van der Waals surface area contributed by atoms with Crippen LogP contribution in [0.3, 0.4) is 0 Å². The highest BCUT2D eigenvalue weighted by atomic mass is 35.5. The molecule has 192 valence electrons.